The topological polar surface area (TPSA) is 81.4 Å². The molecule has 2 unspecified atom stereocenters. The van der Waals surface area contributed by atoms with Gasteiger partial charge in [0.15, 0.2) is 0 Å². The first-order valence-corrected chi connectivity index (χ1v) is 7.02. The van der Waals surface area contributed by atoms with Gasteiger partial charge in [0.2, 0.25) is 10.0 Å². The van der Waals surface area contributed by atoms with Crippen molar-refractivity contribution in [2.75, 3.05) is 18.9 Å². The summed E-state index contributed by atoms with van der Waals surface area (Å²) in [5.41, 5.74) is 5.31. The second-order valence-electron chi connectivity index (χ2n) is 3.90. The molecule has 6 heteroatoms. The molecule has 0 aliphatic carbocycles. The fourth-order valence-corrected chi connectivity index (χ4v) is 3.09. The summed E-state index contributed by atoms with van der Waals surface area (Å²) in [6.45, 7) is 3.07. The smallest absolute Gasteiger partial charge is 0.211 e. The van der Waals surface area contributed by atoms with Crippen LogP contribution < -0.4 is 10.5 Å². The molecule has 0 aromatic heterocycles. The Morgan fingerprint density at radius 2 is 2.20 bits per heavy atom. The molecule has 1 saturated heterocycles. The van der Waals surface area contributed by atoms with Gasteiger partial charge < -0.3 is 10.5 Å². The van der Waals surface area contributed by atoms with Gasteiger partial charge in [0.1, 0.15) is 0 Å². The Hall–Kier alpha value is -0.170. The van der Waals surface area contributed by atoms with E-state index in [0.29, 0.717) is 19.6 Å². The van der Waals surface area contributed by atoms with Crippen molar-refractivity contribution in [3.05, 3.63) is 0 Å². The van der Waals surface area contributed by atoms with Crippen molar-refractivity contribution >= 4 is 10.0 Å². The molecule has 3 N–H and O–H groups in total. The average Bonchev–Trinajstić information content (AvgIpc) is 2.51. The molecule has 90 valence electrons. The van der Waals surface area contributed by atoms with E-state index in [4.69, 9.17) is 10.5 Å². The lowest BCUT2D eigenvalue weighted by molar-refractivity contribution is 0.117. The van der Waals surface area contributed by atoms with Gasteiger partial charge in [0.25, 0.3) is 0 Å². The zero-order valence-electron chi connectivity index (χ0n) is 9.11. The average molecular weight is 236 g/mol. The van der Waals surface area contributed by atoms with Crippen LogP contribution in [-0.2, 0) is 14.8 Å². The van der Waals surface area contributed by atoms with Crippen LogP contribution in [0.3, 0.4) is 0 Å². The maximum absolute atomic E-state index is 11.6. The van der Waals surface area contributed by atoms with Crippen LogP contribution in [0.4, 0.5) is 0 Å². The monoisotopic (exact) mass is 236 g/mol. The van der Waals surface area contributed by atoms with Gasteiger partial charge >= 0.3 is 0 Å². The third kappa shape index (κ3) is 4.46. The molecule has 0 saturated carbocycles. The van der Waals surface area contributed by atoms with E-state index in [0.717, 1.165) is 12.8 Å². The highest BCUT2D eigenvalue weighted by Gasteiger charge is 2.27. The summed E-state index contributed by atoms with van der Waals surface area (Å²) in [6, 6.07) is -0.0622. The molecule has 1 aliphatic rings. The molecule has 0 radical (unpaired) electrons. The van der Waals surface area contributed by atoms with Gasteiger partial charge in [-0.3, -0.25) is 0 Å². The number of nitrogens with two attached hydrogens (primary N) is 1. The lowest BCUT2D eigenvalue weighted by atomic mass is 10.2. The standard InChI is InChI=1S/C9H20N2O3S/c1-8-9(4-6-14-8)11-15(12,13)7-3-2-5-10/h8-9,11H,2-7,10H2,1H3. The van der Waals surface area contributed by atoms with Gasteiger partial charge in [-0.15, -0.1) is 0 Å². The molecule has 1 fully saturated rings. The van der Waals surface area contributed by atoms with Crippen LogP contribution in [0.1, 0.15) is 26.2 Å². The van der Waals surface area contributed by atoms with Gasteiger partial charge in [-0.05, 0) is 32.7 Å². The van der Waals surface area contributed by atoms with Crippen LogP contribution in [0.15, 0.2) is 0 Å². The van der Waals surface area contributed by atoms with E-state index in [1.54, 1.807) is 0 Å². The largest absolute Gasteiger partial charge is 0.377 e. The number of rotatable bonds is 6. The molecule has 5 nitrogen and oxygen atoms in total. The number of nitrogens with one attached hydrogen (secondary N) is 1. The van der Waals surface area contributed by atoms with Gasteiger partial charge in [-0.2, -0.15) is 0 Å². The fraction of sp³-hybridized carbons (Fsp3) is 1.00. The van der Waals surface area contributed by atoms with Crippen LogP contribution in [0.2, 0.25) is 0 Å². The van der Waals surface area contributed by atoms with Gasteiger partial charge in [0, 0.05) is 12.6 Å². The van der Waals surface area contributed by atoms with E-state index in [1.165, 1.54) is 0 Å². The summed E-state index contributed by atoms with van der Waals surface area (Å²) in [6.07, 6.45) is 2.11. The Bertz CT molecular complexity index is 279. The van der Waals surface area contributed by atoms with Crippen molar-refractivity contribution in [2.45, 2.75) is 38.3 Å². The highest BCUT2D eigenvalue weighted by molar-refractivity contribution is 7.89. The van der Waals surface area contributed by atoms with E-state index >= 15 is 0 Å². The van der Waals surface area contributed by atoms with Crippen molar-refractivity contribution in [3.63, 3.8) is 0 Å². The minimum atomic E-state index is -3.16. The maximum atomic E-state index is 11.6. The minimum absolute atomic E-state index is 0.0192. The van der Waals surface area contributed by atoms with Crippen LogP contribution in [0.25, 0.3) is 0 Å². The Kier molecular flexibility index (Phi) is 4.98. The Morgan fingerprint density at radius 3 is 2.73 bits per heavy atom. The summed E-state index contributed by atoms with van der Waals surface area (Å²) >= 11 is 0. The number of hydrogen-bond acceptors (Lipinski definition) is 4. The van der Waals surface area contributed by atoms with Gasteiger partial charge in [0.05, 0.1) is 11.9 Å². The number of sulfonamides is 1. The first-order valence-electron chi connectivity index (χ1n) is 5.37. The minimum Gasteiger partial charge on any atom is -0.377 e. The van der Waals surface area contributed by atoms with E-state index in [2.05, 4.69) is 4.72 Å². The Morgan fingerprint density at radius 1 is 1.47 bits per heavy atom. The molecule has 0 aromatic rings. The van der Waals surface area contributed by atoms with Crippen LogP contribution in [0, 0.1) is 0 Å². The Balaban J connectivity index is 2.35. The number of hydrogen-bond donors (Lipinski definition) is 2. The molecule has 1 rings (SSSR count). The van der Waals surface area contributed by atoms with E-state index in [-0.39, 0.29) is 17.9 Å². The van der Waals surface area contributed by atoms with E-state index in [9.17, 15) is 8.42 Å². The van der Waals surface area contributed by atoms with E-state index in [1.807, 2.05) is 6.92 Å². The summed E-state index contributed by atoms with van der Waals surface area (Å²) in [5.74, 6) is 0.160. The first-order chi connectivity index (χ1) is 7.05. The van der Waals surface area contributed by atoms with Crippen LogP contribution >= 0.6 is 0 Å². The SMILES string of the molecule is CC1OCCC1NS(=O)(=O)CCCCN. The molecule has 0 amide bonds. The molecule has 1 heterocycles. The van der Waals surface area contributed by atoms with Crippen molar-refractivity contribution in [1.82, 2.24) is 4.72 Å². The summed E-state index contributed by atoms with van der Waals surface area (Å²) in [7, 11) is -3.16. The normalized spacial score (nSPS) is 27.1. The predicted octanol–water partition coefficient (Wildman–Crippen LogP) is -0.178. The molecule has 0 bridgehead atoms. The lowest BCUT2D eigenvalue weighted by Crippen LogP contribution is -2.40. The molecular weight excluding hydrogens is 216 g/mol. The highest BCUT2D eigenvalue weighted by Crippen LogP contribution is 2.13. The van der Waals surface area contributed by atoms with Gasteiger partial charge in [-0.1, -0.05) is 0 Å². The Labute approximate surface area is 91.4 Å². The molecule has 2 atom stereocenters. The zero-order chi connectivity index (χ0) is 11.3. The number of unbranched alkanes of at least 4 members (excludes halogenated alkanes) is 1. The third-order valence-electron chi connectivity index (χ3n) is 2.57. The van der Waals surface area contributed by atoms with Crippen molar-refractivity contribution < 1.29 is 13.2 Å². The second-order valence-corrected chi connectivity index (χ2v) is 5.78. The van der Waals surface area contributed by atoms with Crippen molar-refractivity contribution in [3.8, 4) is 0 Å². The van der Waals surface area contributed by atoms with Crippen molar-refractivity contribution in [1.29, 1.82) is 0 Å². The van der Waals surface area contributed by atoms with E-state index < -0.39 is 10.0 Å². The third-order valence-corrected chi connectivity index (χ3v) is 4.06. The first kappa shape index (κ1) is 12.9. The maximum Gasteiger partial charge on any atom is 0.211 e. The summed E-state index contributed by atoms with van der Waals surface area (Å²) in [4.78, 5) is 0. The van der Waals surface area contributed by atoms with Crippen LogP contribution in [0.5, 0.6) is 0 Å². The molecule has 0 spiro atoms. The summed E-state index contributed by atoms with van der Waals surface area (Å²) < 4.78 is 31.2. The molecule has 15 heavy (non-hydrogen) atoms. The second kappa shape index (κ2) is 5.79. The fourth-order valence-electron chi connectivity index (χ4n) is 1.61. The highest BCUT2D eigenvalue weighted by atomic mass is 32.2. The lowest BCUT2D eigenvalue weighted by Gasteiger charge is -2.15. The molecular formula is C9H20N2O3S. The molecule has 0 aromatic carbocycles. The van der Waals surface area contributed by atoms with Crippen LogP contribution in [-0.4, -0.2) is 39.5 Å². The van der Waals surface area contributed by atoms with Gasteiger partial charge in [-0.25, -0.2) is 13.1 Å². The van der Waals surface area contributed by atoms with Crippen molar-refractivity contribution in [2.24, 2.45) is 5.73 Å². The molecule has 1 aliphatic heterocycles. The quantitative estimate of drug-likeness (QED) is 0.627. The predicted molar refractivity (Wildman–Crippen MR) is 59.0 cm³/mol. The summed E-state index contributed by atoms with van der Waals surface area (Å²) in [5, 5.41) is 0. The zero-order valence-corrected chi connectivity index (χ0v) is 9.92. The number of ether oxygens (including phenoxy) is 1.